The third-order valence-corrected chi connectivity index (χ3v) is 5.33. The van der Waals surface area contributed by atoms with Crippen LogP contribution in [0.4, 0.5) is 0 Å². The van der Waals surface area contributed by atoms with Gasteiger partial charge in [-0.25, -0.2) is 8.42 Å². The van der Waals surface area contributed by atoms with Crippen LogP contribution in [-0.2, 0) is 15.6 Å². The summed E-state index contributed by atoms with van der Waals surface area (Å²) in [5.41, 5.74) is 0.841. The molecule has 0 saturated carbocycles. The molecule has 0 aliphatic heterocycles. The Hall–Kier alpha value is -0.830. The number of hydrogen-bond donors (Lipinski definition) is 1. The van der Waals surface area contributed by atoms with Crippen LogP contribution in [0.1, 0.15) is 38.7 Å². The summed E-state index contributed by atoms with van der Waals surface area (Å²) in [6, 6.07) is 9.32. The summed E-state index contributed by atoms with van der Waals surface area (Å²) < 4.78 is 24.3. The molecule has 0 saturated heterocycles. The predicted molar refractivity (Wildman–Crippen MR) is 117 cm³/mol. The first-order chi connectivity index (χ1) is 11.5. The molecule has 0 radical (unpaired) electrons. The predicted octanol–water partition coefficient (Wildman–Crippen LogP) is 3.31. The van der Waals surface area contributed by atoms with E-state index in [1.165, 1.54) is 0 Å². The Bertz CT molecular complexity index is 592. The highest BCUT2D eigenvalue weighted by molar-refractivity contribution is 14.0. The van der Waals surface area contributed by atoms with Crippen LogP contribution in [0.5, 0.6) is 0 Å². The maximum absolute atomic E-state index is 12.2. The van der Waals surface area contributed by atoms with Crippen molar-refractivity contribution in [2.75, 3.05) is 32.4 Å². The van der Waals surface area contributed by atoms with Crippen molar-refractivity contribution in [1.82, 2.24) is 10.2 Å². The van der Waals surface area contributed by atoms with E-state index in [9.17, 15) is 8.42 Å². The van der Waals surface area contributed by atoms with E-state index in [-0.39, 0.29) is 35.5 Å². The summed E-state index contributed by atoms with van der Waals surface area (Å²) in [7, 11) is -1.07. The highest BCUT2D eigenvalue weighted by Gasteiger charge is 2.11. The van der Waals surface area contributed by atoms with Gasteiger partial charge in [0, 0.05) is 26.7 Å². The topological polar surface area (TPSA) is 61.8 Å². The standard InChI is InChI=1S/C18H31N3O2S.HI/c1-4-6-14-21(3)18(19-5-2)20-13-10-15-24(22,23)16-17-11-8-7-9-12-17;/h7-9,11-12H,4-6,10,13-16H2,1-3H3,(H,19,20);1H. The summed E-state index contributed by atoms with van der Waals surface area (Å²) in [6.07, 6.45) is 2.81. The number of nitrogens with zero attached hydrogens (tertiary/aromatic N) is 2. The smallest absolute Gasteiger partial charge is 0.193 e. The number of aliphatic imine (C=N–C) groups is 1. The van der Waals surface area contributed by atoms with E-state index in [2.05, 4.69) is 22.1 Å². The number of sulfone groups is 1. The number of hydrogen-bond acceptors (Lipinski definition) is 3. The van der Waals surface area contributed by atoms with E-state index < -0.39 is 9.84 Å². The van der Waals surface area contributed by atoms with E-state index in [0.717, 1.165) is 37.5 Å². The third-order valence-electron chi connectivity index (χ3n) is 3.65. The number of nitrogens with one attached hydrogen (secondary N) is 1. The highest BCUT2D eigenvalue weighted by Crippen LogP contribution is 2.07. The molecule has 1 aromatic carbocycles. The fraction of sp³-hybridized carbons (Fsp3) is 0.611. The first-order valence-corrected chi connectivity index (χ1v) is 10.5. The minimum atomic E-state index is -3.08. The Balaban J connectivity index is 0.00000576. The first-order valence-electron chi connectivity index (χ1n) is 8.72. The SMILES string of the molecule is CCCCN(C)C(=NCCCS(=O)(=O)Cc1ccccc1)NCC.I. The van der Waals surface area contributed by atoms with Crippen molar-refractivity contribution in [3.63, 3.8) is 0 Å². The third kappa shape index (κ3) is 10.7. The van der Waals surface area contributed by atoms with Gasteiger partial charge in [0.15, 0.2) is 15.8 Å². The molecule has 1 N–H and O–H groups in total. The lowest BCUT2D eigenvalue weighted by Crippen LogP contribution is -2.39. The molecule has 144 valence electrons. The van der Waals surface area contributed by atoms with Gasteiger partial charge in [-0.15, -0.1) is 24.0 Å². The molecule has 0 bridgehead atoms. The lowest BCUT2D eigenvalue weighted by molar-refractivity contribution is 0.465. The van der Waals surface area contributed by atoms with Gasteiger partial charge in [0.2, 0.25) is 0 Å². The first kappa shape index (κ1) is 24.2. The fourth-order valence-electron chi connectivity index (χ4n) is 2.34. The van der Waals surface area contributed by atoms with Gasteiger partial charge >= 0.3 is 0 Å². The Morgan fingerprint density at radius 1 is 1.16 bits per heavy atom. The molecule has 0 heterocycles. The minimum absolute atomic E-state index is 0. The molecule has 25 heavy (non-hydrogen) atoms. The van der Waals surface area contributed by atoms with Crippen molar-refractivity contribution in [3.05, 3.63) is 35.9 Å². The van der Waals surface area contributed by atoms with Crippen LogP contribution >= 0.6 is 24.0 Å². The van der Waals surface area contributed by atoms with Gasteiger partial charge in [0.1, 0.15) is 0 Å². The molecular weight excluding hydrogens is 449 g/mol. The van der Waals surface area contributed by atoms with Gasteiger partial charge in [-0.3, -0.25) is 4.99 Å². The molecule has 1 rings (SSSR count). The Morgan fingerprint density at radius 2 is 1.84 bits per heavy atom. The molecule has 1 aromatic rings. The second-order valence-corrected chi connectivity index (χ2v) is 8.13. The number of halogens is 1. The van der Waals surface area contributed by atoms with Gasteiger partial charge in [-0.1, -0.05) is 43.7 Å². The average molecular weight is 481 g/mol. The van der Waals surface area contributed by atoms with Crippen LogP contribution in [0.2, 0.25) is 0 Å². The normalized spacial score (nSPS) is 11.7. The van der Waals surface area contributed by atoms with Crippen LogP contribution in [0, 0.1) is 0 Å². The molecule has 0 amide bonds. The highest BCUT2D eigenvalue weighted by atomic mass is 127. The number of benzene rings is 1. The molecule has 7 heteroatoms. The van der Waals surface area contributed by atoms with Crippen molar-refractivity contribution >= 4 is 39.8 Å². The second kappa shape index (κ2) is 13.4. The molecule has 0 fully saturated rings. The van der Waals surface area contributed by atoms with Crippen LogP contribution in [0.15, 0.2) is 35.3 Å². The van der Waals surface area contributed by atoms with Crippen molar-refractivity contribution in [3.8, 4) is 0 Å². The Morgan fingerprint density at radius 3 is 2.44 bits per heavy atom. The summed E-state index contributed by atoms with van der Waals surface area (Å²) in [4.78, 5) is 6.65. The van der Waals surface area contributed by atoms with Crippen LogP contribution < -0.4 is 5.32 Å². The molecule has 5 nitrogen and oxygen atoms in total. The molecule has 0 aliphatic carbocycles. The Kier molecular flexibility index (Phi) is 12.9. The minimum Gasteiger partial charge on any atom is -0.357 e. The monoisotopic (exact) mass is 481 g/mol. The average Bonchev–Trinajstić information content (AvgIpc) is 2.56. The van der Waals surface area contributed by atoms with E-state index in [4.69, 9.17) is 0 Å². The van der Waals surface area contributed by atoms with Crippen molar-refractivity contribution in [2.24, 2.45) is 4.99 Å². The molecule has 0 aliphatic rings. The lowest BCUT2D eigenvalue weighted by Gasteiger charge is -2.21. The van der Waals surface area contributed by atoms with Crippen LogP contribution in [-0.4, -0.2) is 51.7 Å². The van der Waals surface area contributed by atoms with Crippen molar-refractivity contribution in [1.29, 1.82) is 0 Å². The molecular formula is C18H32IN3O2S. The van der Waals surface area contributed by atoms with E-state index in [1.54, 1.807) is 0 Å². The molecule has 0 spiro atoms. The Labute approximate surface area is 170 Å². The zero-order valence-corrected chi connectivity index (χ0v) is 18.7. The van der Waals surface area contributed by atoms with Gasteiger partial charge in [0.05, 0.1) is 11.5 Å². The van der Waals surface area contributed by atoms with Crippen LogP contribution in [0.25, 0.3) is 0 Å². The van der Waals surface area contributed by atoms with E-state index >= 15 is 0 Å². The zero-order chi connectivity index (χ0) is 17.8. The number of guanidine groups is 1. The lowest BCUT2D eigenvalue weighted by atomic mass is 10.2. The largest absolute Gasteiger partial charge is 0.357 e. The van der Waals surface area contributed by atoms with Crippen LogP contribution in [0.3, 0.4) is 0 Å². The van der Waals surface area contributed by atoms with Crippen molar-refractivity contribution in [2.45, 2.75) is 38.9 Å². The summed E-state index contributed by atoms with van der Waals surface area (Å²) in [5, 5.41) is 3.26. The van der Waals surface area contributed by atoms with E-state index in [0.29, 0.717) is 13.0 Å². The molecule has 0 unspecified atom stereocenters. The summed E-state index contributed by atoms with van der Waals surface area (Å²) in [6.45, 7) is 6.48. The quantitative estimate of drug-likeness (QED) is 0.241. The summed E-state index contributed by atoms with van der Waals surface area (Å²) >= 11 is 0. The molecule has 0 aromatic heterocycles. The van der Waals surface area contributed by atoms with Crippen molar-refractivity contribution < 1.29 is 8.42 Å². The fourth-order valence-corrected chi connectivity index (χ4v) is 3.75. The maximum Gasteiger partial charge on any atom is 0.193 e. The van der Waals surface area contributed by atoms with E-state index in [1.807, 2.05) is 44.3 Å². The van der Waals surface area contributed by atoms with Gasteiger partial charge < -0.3 is 10.2 Å². The van der Waals surface area contributed by atoms with Gasteiger partial charge in [-0.05, 0) is 25.3 Å². The molecule has 0 atom stereocenters. The van der Waals surface area contributed by atoms with Gasteiger partial charge in [0.25, 0.3) is 0 Å². The zero-order valence-electron chi connectivity index (χ0n) is 15.6. The van der Waals surface area contributed by atoms with Gasteiger partial charge in [-0.2, -0.15) is 0 Å². The second-order valence-electron chi connectivity index (χ2n) is 5.94. The summed E-state index contributed by atoms with van der Waals surface area (Å²) in [5.74, 6) is 1.13. The number of rotatable bonds is 10. The number of unbranched alkanes of at least 4 members (excludes halogenated alkanes) is 1. The maximum atomic E-state index is 12.2.